The molecule has 134 valence electrons. The molecule has 0 unspecified atom stereocenters. The van der Waals surface area contributed by atoms with Crippen LogP contribution in [-0.4, -0.2) is 66.0 Å². The van der Waals surface area contributed by atoms with Crippen molar-refractivity contribution in [1.82, 2.24) is 14.9 Å². The van der Waals surface area contributed by atoms with Gasteiger partial charge in [0, 0.05) is 31.5 Å². The fourth-order valence-electron chi connectivity index (χ4n) is 2.60. The second-order valence-electron chi connectivity index (χ2n) is 6.25. The van der Waals surface area contributed by atoms with Crippen LogP contribution in [0.1, 0.15) is 19.5 Å². The standard InChI is InChI=1S/C16H25N3O4S/c1-11(2)8-19-4-5-23-13(9-19)10-24-16-17-12(6-14(20)18-16)7-15(21)22-3/h6,11,13H,4-5,7-10H2,1-3H3,(H,17,18,20)/t13-/m0/s1. The first-order valence-corrected chi connectivity index (χ1v) is 9.08. The first-order chi connectivity index (χ1) is 11.5. The van der Waals surface area contributed by atoms with Gasteiger partial charge in [0.25, 0.3) is 5.56 Å². The Hall–Kier alpha value is -1.38. The lowest BCUT2D eigenvalue weighted by molar-refractivity contribution is -0.139. The summed E-state index contributed by atoms with van der Waals surface area (Å²) in [5, 5.41) is 0.506. The summed E-state index contributed by atoms with van der Waals surface area (Å²) < 4.78 is 10.4. The van der Waals surface area contributed by atoms with Gasteiger partial charge in [0.1, 0.15) is 0 Å². The molecular formula is C16H25N3O4S. The SMILES string of the molecule is COC(=O)Cc1cc(=O)[nH]c(SC[C@@H]2CN(CC(C)C)CCO2)n1. The third-order valence-corrected chi connectivity index (χ3v) is 4.58. The molecule has 1 aromatic rings. The van der Waals surface area contributed by atoms with E-state index in [4.69, 9.17) is 4.74 Å². The Morgan fingerprint density at radius 1 is 1.58 bits per heavy atom. The maximum absolute atomic E-state index is 11.7. The number of aromatic amines is 1. The number of hydrogen-bond donors (Lipinski definition) is 1. The van der Waals surface area contributed by atoms with Gasteiger partial charge in [-0.15, -0.1) is 0 Å². The molecule has 0 aromatic carbocycles. The van der Waals surface area contributed by atoms with Gasteiger partial charge in [0.05, 0.1) is 31.9 Å². The monoisotopic (exact) mass is 355 g/mol. The van der Waals surface area contributed by atoms with Crippen LogP contribution in [0.15, 0.2) is 16.0 Å². The van der Waals surface area contributed by atoms with E-state index in [1.165, 1.54) is 24.9 Å². The highest BCUT2D eigenvalue weighted by Gasteiger charge is 2.21. The van der Waals surface area contributed by atoms with Gasteiger partial charge in [-0.05, 0) is 5.92 Å². The van der Waals surface area contributed by atoms with Crippen LogP contribution < -0.4 is 5.56 Å². The number of rotatable bonds is 7. The number of nitrogens with zero attached hydrogens (tertiary/aromatic N) is 2. The Kier molecular flexibility index (Phi) is 7.26. The number of aromatic nitrogens is 2. The highest BCUT2D eigenvalue weighted by Crippen LogP contribution is 2.17. The quantitative estimate of drug-likeness (QED) is 0.442. The molecular weight excluding hydrogens is 330 g/mol. The lowest BCUT2D eigenvalue weighted by atomic mass is 10.2. The van der Waals surface area contributed by atoms with Crippen molar-refractivity contribution in [3.63, 3.8) is 0 Å². The number of hydrogen-bond acceptors (Lipinski definition) is 7. The summed E-state index contributed by atoms with van der Waals surface area (Å²) >= 11 is 1.44. The molecule has 0 aliphatic carbocycles. The van der Waals surface area contributed by atoms with E-state index in [1.54, 1.807) is 0 Å². The lowest BCUT2D eigenvalue weighted by Crippen LogP contribution is -2.44. The van der Waals surface area contributed by atoms with Crippen LogP contribution in [0.3, 0.4) is 0 Å². The molecule has 0 spiro atoms. The van der Waals surface area contributed by atoms with Crippen molar-refractivity contribution in [2.75, 3.05) is 39.1 Å². The molecule has 0 amide bonds. The number of H-pyrrole nitrogens is 1. The summed E-state index contributed by atoms with van der Waals surface area (Å²) in [5.41, 5.74) is 0.150. The summed E-state index contributed by atoms with van der Waals surface area (Å²) in [4.78, 5) is 32.4. The van der Waals surface area contributed by atoms with E-state index in [2.05, 4.69) is 33.5 Å². The van der Waals surface area contributed by atoms with Crippen LogP contribution >= 0.6 is 11.8 Å². The predicted molar refractivity (Wildman–Crippen MR) is 92.3 cm³/mol. The van der Waals surface area contributed by atoms with Crippen molar-refractivity contribution in [1.29, 1.82) is 0 Å². The van der Waals surface area contributed by atoms with Gasteiger partial charge >= 0.3 is 5.97 Å². The van der Waals surface area contributed by atoms with E-state index in [0.29, 0.717) is 22.5 Å². The van der Waals surface area contributed by atoms with E-state index in [0.717, 1.165) is 26.2 Å². The molecule has 0 bridgehead atoms. The molecule has 1 aliphatic rings. The molecule has 1 atom stereocenters. The maximum atomic E-state index is 11.7. The van der Waals surface area contributed by atoms with Crippen molar-refractivity contribution in [3.05, 3.63) is 22.1 Å². The zero-order valence-electron chi connectivity index (χ0n) is 14.4. The number of esters is 1. The molecule has 2 rings (SSSR count). The lowest BCUT2D eigenvalue weighted by Gasteiger charge is -2.33. The molecule has 1 saturated heterocycles. The molecule has 2 heterocycles. The van der Waals surface area contributed by atoms with Crippen molar-refractivity contribution < 1.29 is 14.3 Å². The van der Waals surface area contributed by atoms with Crippen LogP contribution in [0.25, 0.3) is 0 Å². The van der Waals surface area contributed by atoms with E-state index >= 15 is 0 Å². The van der Waals surface area contributed by atoms with Gasteiger partial charge in [-0.25, -0.2) is 4.98 Å². The first kappa shape index (κ1) is 19.0. The third-order valence-electron chi connectivity index (χ3n) is 3.58. The Labute approximate surface area is 146 Å². The normalized spacial score (nSPS) is 18.8. The van der Waals surface area contributed by atoms with Crippen LogP contribution in [0.4, 0.5) is 0 Å². The number of carbonyl (C=O) groups excluding carboxylic acids is 1. The number of ether oxygens (including phenoxy) is 2. The van der Waals surface area contributed by atoms with E-state index < -0.39 is 5.97 Å². The molecule has 8 heteroatoms. The summed E-state index contributed by atoms with van der Waals surface area (Å²) in [5.74, 6) is 0.924. The Bertz CT molecular complexity index is 605. The van der Waals surface area contributed by atoms with Crippen molar-refractivity contribution >= 4 is 17.7 Å². The third kappa shape index (κ3) is 6.26. The summed E-state index contributed by atoms with van der Waals surface area (Å²) in [6.07, 6.45) is 0.104. The number of methoxy groups -OCH3 is 1. The van der Waals surface area contributed by atoms with Crippen LogP contribution in [-0.2, 0) is 20.7 Å². The predicted octanol–water partition coefficient (Wildman–Crippen LogP) is 0.934. The molecule has 1 N–H and O–H groups in total. The highest BCUT2D eigenvalue weighted by molar-refractivity contribution is 7.99. The topological polar surface area (TPSA) is 84.5 Å². The largest absolute Gasteiger partial charge is 0.469 e. The Balaban J connectivity index is 1.91. The molecule has 24 heavy (non-hydrogen) atoms. The summed E-state index contributed by atoms with van der Waals surface area (Å²) in [6, 6.07) is 1.32. The average molecular weight is 355 g/mol. The van der Waals surface area contributed by atoms with Crippen LogP contribution in [0.5, 0.6) is 0 Å². The fourth-order valence-corrected chi connectivity index (χ4v) is 3.50. The van der Waals surface area contributed by atoms with Crippen molar-refractivity contribution in [2.45, 2.75) is 31.5 Å². The molecule has 0 saturated carbocycles. The van der Waals surface area contributed by atoms with Gasteiger partial charge in [0.2, 0.25) is 0 Å². The van der Waals surface area contributed by atoms with Gasteiger partial charge in [-0.2, -0.15) is 0 Å². The second-order valence-corrected chi connectivity index (χ2v) is 7.26. The smallest absolute Gasteiger partial charge is 0.311 e. The Morgan fingerprint density at radius 3 is 3.08 bits per heavy atom. The zero-order valence-corrected chi connectivity index (χ0v) is 15.2. The van der Waals surface area contributed by atoms with Crippen LogP contribution in [0.2, 0.25) is 0 Å². The molecule has 7 nitrogen and oxygen atoms in total. The first-order valence-electron chi connectivity index (χ1n) is 8.10. The number of carbonyl (C=O) groups is 1. The minimum Gasteiger partial charge on any atom is -0.469 e. The number of morpholine rings is 1. The maximum Gasteiger partial charge on any atom is 0.311 e. The van der Waals surface area contributed by atoms with E-state index in [-0.39, 0.29) is 18.1 Å². The van der Waals surface area contributed by atoms with E-state index in [1.807, 2.05) is 0 Å². The Morgan fingerprint density at radius 2 is 2.38 bits per heavy atom. The minimum atomic E-state index is -0.413. The van der Waals surface area contributed by atoms with Gasteiger partial charge in [-0.3, -0.25) is 14.5 Å². The van der Waals surface area contributed by atoms with Gasteiger partial charge < -0.3 is 14.5 Å². The van der Waals surface area contributed by atoms with Crippen molar-refractivity contribution in [3.8, 4) is 0 Å². The minimum absolute atomic E-state index is 0.00389. The second kappa shape index (κ2) is 9.19. The number of nitrogens with one attached hydrogen (secondary N) is 1. The molecule has 1 fully saturated rings. The van der Waals surface area contributed by atoms with E-state index in [9.17, 15) is 9.59 Å². The van der Waals surface area contributed by atoms with Gasteiger partial charge in [-0.1, -0.05) is 25.6 Å². The summed E-state index contributed by atoms with van der Waals surface area (Å²) in [7, 11) is 1.31. The van der Waals surface area contributed by atoms with Gasteiger partial charge in [0.15, 0.2) is 5.16 Å². The van der Waals surface area contributed by atoms with Crippen LogP contribution in [0, 0.1) is 5.92 Å². The fraction of sp³-hybridized carbons (Fsp3) is 0.688. The zero-order chi connectivity index (χ0) is 17.5. The molecule has 1 aliphatic heterocycles. The molecule has 0 radical (unpaired) electrons. The molecule has 1 aromatic heterocycles. The summed E-state index contributed by atoms with van der Waals surface area (Å²) in [6.45, 7) is 8.06. The van der Waals surface area contributed by atoms with Crippen molar-refractivity contribution in [2.24, 2.45) is 5.92 Å². The highest BCUT2D eigenvalue weighted by atomic mass is 32.2. The number of thioether (sulfide) groups is 1. The average Bonchev–Trinajstić information content (AvgIpc) is 2.52.